The van der Waals surface area contributed by atoms with E-state index in [-0.39, 0.29) is 28.3 Å². The highest BCUT2D eigenvalue weighted by atomic mass is 35.5. The Hall–Kier alpha value is -3.82. The molecule has 35 heavy (non-hydrogen) atoms. The van der Waals surface area contributed by atoms with Crippen LogP contribution in [0.15, 0.2) is 59.8 Å². The first-order valence-corrected chi connectivity index (χ1v) is 11.9. The molecular weight excluding hydrogens is 458 g/mol. The summed E-state index contributed by atoms with van der Waals surface area (Å²) in [5.41, 5.74) is 18.0. The highest BCUT2D eigenvalue weighted by molar-refractivity contribution is 6.30. The highest BCUT2D eigenvalue weighted by Gasteiger charge is 2.45. The first-order valence-electron chi connectivity index (χ1n) is 11.5. The van der Waals surface area contributed by atoms with E-state index >= 15 is 0 Å². The number of aromatic nitrogens is 1. The topological polar surface area (TPSA) is 109 Å². The summed E-state index contributed by atoms with van der Waals surface area (Å²) in [6.45, 7) is 6.23. The maximum atomic E-state index is 13.8. The average Bonchev–Trinajstić information content (AvgIpc) is 2.79. The molecule has 2 heterocycles. The number of carbonyl (C=O) groups excluding carboxylic acids is 1. The van der Waals surface area contributed by atoms with E-state index < -0.39 is 5.92 Å². The van der Waals surface area contributed by atoms with Crippen LogP contribution in [0.1, 0.15) is 54.9 Å². The van der Waals surface area contributed by atoms with Gasteiger partial charge >= 0.3 is 0 Å². The zero-order valence-electron chi connectivity index (χ0n) is 19.9. The summed E-state index contributed by atoms with van der Waals surface area (Å²) in [7, 11) is 0. The standard InChI is InChI=1S/C28H26ClN5O/c1-15-4-10-18(11-5-15)34-20-12-28(2,3)13-21(35)23(20)22(16-6-8-17(29)9-7-16)24-25(31)19(14-30)26(32)33-27(24)34/h4-11,22H,12-13H2,1-3H3,(H4,31,32,33). The number of ketones is 1. The molecule has 176 valence electrons. The predicted octanol–water partition coefficient (Wildman–Crippen LogP) is 6.01. The number of nitrogens with zero attached hydrogens (tertiary/aromatic N) is 3. The molecule has 1 unspecified atom stereocenters. The van der Waals surface area contributed by atoms with Gasteiger partial charge in [0, 0.05) is 39.9 Å². The van der Waals surface area contributed by atoms with Crippen LogP contribution in [0.25, 0.3) is 0 Å². The molecule has 3 aromatic rings. The zero-order chi connectivity index (χ0) is 25.1. The molecule has 0 amide bonds. The lowest BCUT2D eigenvalue weighted by molar-refractivity contribution is -0.118. The summed E-state index contributed by atoms with van der Waals surface area (Å²) >= 11 is 6.19. The van der Waals surface area contributed by atoms with Gasteiger partial charge in [-0.1, -0.05) is 55.3 Å². The van der Waals surface area contributed by atoms with Crippen molar-refractivity contribution in [3.05, 3.63) is 87.1 Å². The Labute approximate surface area is 209 Å². The SMILES string of the molecule is Cc1ccc(N2C3=C(C(=O)CC(C)(C)C3)C(c3ccc(Cl)cc3)c3c2nc(N)c(C#N)c3N)cc1. The molecule has 0 saturated carbocycles. The Morgan fingerprint density at radius 2 is 1.74 bits per heavy atom. The summed E-state index contributed by atoms with van der Waals surface area (Å²) in [4.78, 5) is 20.5. The summed E-state index contributed by atoms with van der Waals surface area (Å²) in [5.74, 6) is 0.199. The van der Waals surface area contributed by atoms with E-state index in [4.69, 9.17) is 28.1 Å². The number of Topliss-reactive ketones (excluding diaryl/α,β-unsaturated/α-hetero) is 1. The largest absolute Gasteiger partial charge is 0.397 e. The zero-order valence-corrected chi connectivity index (χ0v) is 20.6. The van der Waals surface area contributed by atoms with Crippen molar-refractivity contribution < 1.29 is 4.79 Å². The van der Waals surface area contributed by atoms with Crippen LogP contribution >= 0.6 is 11.6 Å². The second kappa shape index (κ2) is 8.14. The Kier molecular flexibility index (Phi) is 5.34. The third kappa shape index (κ3) is 3.73. The number of carbonyl (C=O) groups is 1. The summed E-state index contributed by atoms with van der Waals surface area (Å²) in [5, 5.41) is 10.4. The molecule has 0 fully saturated rings. The molecule has 4 N–H and O–H groups in total. The monoisotopic (exact) mass is 483 g/mol. The number of aryl methyl sites for hydroxylation is 1. The molecule has 0 radical (unpaired) electrons. The Bertz CT molecular complexity index is 1430. The van der Waals surface area contributed by atoms with E-state index in [0.717, 1.165) is 22.5 Å². The van der Waals surface area contributed by atoms with Crippen LogP contribution < -0.4 is 16.4 Å². The van der Waals surface area contributed by atoms with Crippen molar-refractivity contribution >= 4 is 40.4 Å². The van der Waals surface area contributed by atoms with Crippen LogP contribution in [0.2, 0.25) is 5.02 Å². The Morgan fingerprint density at radius 3 is 2.37 bits per heavy atom. The van der Waals surface area contributed by atoms with E-state index in [0.29, 0.717) is 34.8 Å². The van der Waals surface area contributed by atoms with E-state index in [1.54, 1.807) is 12.1 Å². The van der Waals surface area contributed by atoms with Crippen molar-refractivity contribution in [2.75, 3.05) is 16.4 Å². The van der Waals surface area contributed by atoms with Crippen LogP contribution in [-0.4, -0.2) is 10.8 Å². The first-order chi connectivity index (χ1) is 16.6. The van der Waals surface area contributed by atoms with Crippen LogP contribution in [-0.2, 0) is 4.79 Å². The molecule has 0 bridgehead atoms. The van der Waals surface area contributed by atoms with Crippen LogP contribution in [0.5, 0.6) is 0 Å². The molecular formula is C28H26ClN5O. The fraction of sp³-hybridized carbons (Fsp3) is 0.250. The van der Waals surface area contributed by atoms with E-state index in [9.17, 15) is 10.1 Å². The molecule has 1 aromatic heterocycles. The summed E-state index contributed by atoms with van der Waals surface area (Å²) < 4.78 is 0. The van der Waals surface area contributed by atoms with Gasteiger partial charge in [0.15, 0.2) is 5.78 Å². The van der Waals surface area contributed by atoms with Gasteiger partial charge in [-0.05, 0) is 48.6 Å². The number of nitrogens with two attached hydrogens (primary N) is 2. The maximum Gasteiger partial charge on any atom is 0.162 e. The molecule has 1 aliphatic heterocycles. The van der Waals surface area contributed by atoms with Crippen molar-refractivity contribution in [3.8, 4) is 6.07 Å². The van der Waals surface area contributed by atoms with Gasteiger partial charge < -0.3 is 11.5 Å². The van der Waals surface area contributed by atoms with E-state index in [1.165, 1.54) is 0 Å². The number of fused-ring (bicyclic) bond motifs is 1. The number of hydrogen-bond donors (Lipinski definition) is 2. The number of rotatable bonds is 2. The summed E-state index contributed by atoms with van der Waals surface area (Å²) in [6.07, 6.45) is 1.09. The van der Waals surface area contributed by atoms with Crippen LogP contribution in [0.4, 0.5) is 23.0 Å². The van der Waals surface area contributed by atoms with Crippen molar-refractivity contribution in [1.29, 1.82) is 5.26 Å². The van der Waals surface area contributed by atoms with Crippen molar-refractivity contribution in [2.24, 2.45) is 5.41 Å². The minimum atomic E-state index is -0.484. The second-order valence-corrected chi connectivity index (χ2v) is 10.5. The minimum Gasteiger partial charge on any atom is -0.397 e. The molecule has 5 rings (SSSR count). The lowest BCUT2D eigenvalue weighted by Gasteiger charge is -2.44. The lowest BCUT2D eigenvalue weighted by Crippen LogP contribution is -2.38. The smallest absolute Gasteiger partial charge is 0.162 e. The third-order valence-corrected chi connectivity index (χ3v) is 7.10. The number of allylic oxidation sites excluding steroid dienone is 2. The number of anilines is 4. The molecule has 2 aliphatic rings. The quantitative estimate of drug-likeness (QED) is 0.462. The van der Waals surface area contributed by atoms with Gasteiger partial charge in [-0.2, -0.15) is 5.26 Å². The third-order valence-electron chi connectivity index (χ3n) is 6.85. The predicted molar refractivity (Wildman–Crippen MR) is 139 cm³/mol. The summed E-state index contributed by atoms with van der Waals surface area (Å²) in [6, 6.07) is 17.5. The number of halogens is 1. The normalized spacial score (nSPS) is 18.7. The number of nitrogen functional groups attached to an aromatic ring is 2. The van der Waals surface area contributed by atoms with E-state index in [2.05, 4.69) is 19.9 Å². The van der Waals surface area contributed by atoms with Gasteiger partial charge in [-0.25, -0.2) is 4.98 Å². The number of pyridine rings is 1. The van der Waals surface area contributed by atoms with Crippen molar-refractivity contribution in [2.45, 2.75) is 39.5 Å². The molecule has 6 nitrogen and oxygen atoms in total. The number of hydrogen-bond acceptors (Lipinski definition) is 6. The Balaban J connectivity index is 1.90. The fourth-order valence-corrected chi connectivity index (χ4v) is 5.38. The number of nitriles is 1. The highest BCUT2D eigenvalue weighted by Crippen LogP contribution is 2.55. The second-order valence-electron chi connectivity index (χ2n) is 10.1. The van der Waals surface area contributed by atoms with Crippen molar-refractivity contribution in [1.82, 2.24) is 4.98 Å². The molecule has 7 heteroatoms. The first kappa shape index (κ1) is 22.9. The molecule has 0 saturated heterocycles. The van der Waals surface area contributed by atoms with Crippen molar-refractivity contribution in [3.63, 3.8) is 0 Å². The van der Waals surface area contributed by atoms with Gasteiger partial charge in [0.1, 0.15) is 23.3 Å². The van der Waals surface area contributed by atoms with Gasteiger partial charge in [0.25, 0.3) is 0 Å². The Morgan fingerprint density at radius 1 is 1.09 bits per heavy atom. The maximum absolute atomic E-state index is 13.8. The minimum absolute atomic E-state index is 0.0636. The lowest BCUT2D eigenvalue weighted by atomic mass is 9.68. The van der Waals surface area contributed by atoms with Crippen LogP contribution in [0.3, 0.4) is 0 Å². The van der Waals surface area contributed by atoms with Crippen LogP contribution in [0, 0.1) is 23.7 Å². The van der Waals surface area contributed by atoms with E-state index in [1.807, 2.05) is 48.2 Å². The van der Waals surface area contributed by atoms with Gasteiger partial charge in [0.2, 0.25) is 0 Å². The average molecular weight is 484 g/mol. The molecule has 1 atom stereocenters. The number of benzene rings is 2. The fourth-order valence-electron chi connectivity index (χ4n) is 5.26. The molecule has 0 spiro atoms. The molecule has 2 aromatic carbocycles. The molecule has 1 aliphatic carbocycles. The van der Waals surface area contributed by atoms with Gasteiger partial charge in [-0.3, -0.25) is 9.69 Å². The van der Waals surface area contributed by atoms with Gasteiger partial charge in [0.05, 0.1) is 5.69 Å². The van der Waals surface area contributed by atoms with Gasteiger partial charge in [-0.15, -0.1) is 0 Å².